The topological polar surface area (TPSA) is 140 Å². The van der Waals surface area contributed by atoms with Crippen LogP contribution in [0.4, 0.5) is 0 Å². The van der Waals surface area contributed by atoms with Crippen LogP contribution in [0, 0.1) is 11.3 Å². The number of nitrogens with zero attached hydrogens (tertiary/aromatic N) is 4. The summed E-state index contributed by atoms with van der Waals surface area (Å²) in [7, 11) is 0. The van der Waals surface area contributed by atoms with Gasteiger partial charge in [-0.25, -0.2) is 0 Å². The number of nitrogens with one attached hydrogen (secondary N) is 2. The smallest absolute Gasteiger partial charge is 0.271 e. The number of aromatic amines is 1. The van der Waals surface area contributed by atoms with Gasteiger partial charge in [0, 0.05) is 18.3 Å². The summed E-state index contributed by atoms with van der Waals surface area (Å²) in [5, 5.41) is 41.5. The first-order valence-electron chi connectivity index (χ1n) is 9.30. The maximum absolute atomic E-state index is 12.1. The van der Waals surface area contributed by atoms with Crippen molar-refractivity contribution in [1.82, 2.24) is 25.3 Å². The van der Waals surface area contributed by atoms with Crippen molar-refractivity contribution in [2.75, 3.05) is 6.54 Å². The largest absolute Gasteiger partial charge is 0.361 e. The standard InChI is InChI=1S/C18H17ClN6O3.C2H6/c1-18(27,28)16-9-15(22-23-16)17(26)21-5-7-25-6-4-14(24-25)11-2-3-12(10-20)13(19)8-11;1-2/h2-4,6,8-9,27-28H,5,7H2,1H3,(H,21,26)(H,22,23);1-2H3. The molecule has 30 heavy (non-hydrogen) atoms. The summed E-state index contributed by atoms with van der Waals surface area (Å²) < 4.78 is 1.66. The van der Waals surface area contributed by atoms with Gasteiger partial charge in [0.2, 0.25) is 5.79 Å². The normalized spacial score (nSPS) is 10.7. The van der Waals surface area contributed by atoms with Crippen LogP contribution in [0.5, 0.6) is 0 Å². The average molecular weight is 431 g/mol. The first-order valence-corrected chi connectivity index (χ1v) is 9.68. The molecule has 3 rings (SSSR count). The molecular formula is C20H23ClN6O3. The number of rotatable bonds is 6. The maximum Gasteiger partial charge on any atom is 0.271 e. The minimum atomic E-state index is -2.09. The molecule has 0 aliphatic carbocycles. The second kappa shape index (κ2) is 10.0. The lowest BCUT2D eigenvalue weighted by Crippen LogP contribution is -2.27. The molecule has 0 fully saturated rings. The van der Waals surface area contributed by atoms with Crippen LogP contribution in [0.15, 0.2) is 36.5 Å². The third-order valence-electron chi connectivity index (χ3n) is 3.97. The van der Waals surface area contributed by atoms with Crippen LogP contribution in [-0.4, -0.2) is 42.6 Å². The number of aliphatic hydroxyl groups is 2. The molecule has 1 amide bonds. The highest BCUT2D eigenvalue weighted by atomic mass is 35.5. The van der Waals surface area contributed by atoms with Gasteiger partial charge in [0.15, 0.2) is 0 Å². The van der Waals surface area contributed by atoms with Crippen LogP contribution in [0.1, 0.15) is 42.5 Å². The van der Waals surface area contributed by atoms with Crippen LogP contribution in [0.3, 0.4) is 0 Å². The fraction of sp³-hybridized carbons (Fsp3) is 0.300. The highest BCUT2D eigenvalue weighted by Crippen LogP contribution is 2.24. The highest BCUT2D eigenvalue weighted by Gasteiger charge is 2.23. The van der Waals surface area contributed by atoms with Crippen LogP contribution in [0.2, 0.25) is 5.02 Å². The Labute approximate surface area is 178 Å². The van der Waals surface area contributed by atoms with Gasteiger partial charge in [-0.15, -0.1) is 0 Å². The monoisotopic (exact) mass is 430 g/mol. The zero-order valence-corrected chi connectivity index (χ0v) is 17.6. The lowest BCUT2D eigenvalue weighted by atomic mass is 10.1. The second-order valence-electron chi connectivity index (χ2n) is 6.21. The Bertz CT molecular complexity index is 1050. The number of benzene rings is 1. The molecule has 0 bridgehead atoms. The van der Waals surface area contributed by atoms with Crippen molar-refractivity contribution < 1.29 is 15.0 Å². The average Bonchev–Trinajstić information content (AvgIpc) is 3.39. The van der Waals surface area contributed by atoms with E-state index in [0.717, 1.165) is 5.56 Å². The Morgan fingerprint density at radius 2 is 2.07 bits per heavy atom. The van der Waals surface area contributed by atoms with E-state index in [0.29, 0.717) is 29.4 Å². The Morgan fingerprint density at radius 1 is 1.33 bits per heavy atom. The number of amides is 1. The van der Waals surface area contributed by atoms with Crippen LogP contribution < -0.4 is 5.32 Å². The highest BCUT2D eigenvalue weighted by molar-refractivity contribution is 6.32. The van der Waals surface area contributed by atoms with Gasteiger partial charge >= 0.3 is 0 Å². The number of H-pyrrole nitrogens is 1. The number of aromatic nitrogens is 4. The summed E-state index contributed by atoms with van der Waals surface area (Å²) in [5.74, 6) is -2.54. The molecule has 3 aromatic rings. The van der Waals surface area contributed by atoms with Gasteiger partial charge in [-0.05, 0) is 31.2 Å². The second-order valence-corrected chi connectivity index (χ2v) is 6.62. The molecule has 0 saturated heterocycles. The molecule has 0 radical (unpaired) electrons. The van der Waals surface area contributed by atoms with Gasteiger partial charge < -0.3 is 15.5 Å². The van der Waals surface area contributed by atoms with Crippen molar-refractivity contribution in [2.24, 2.45) is 0 Å². The molecule has 0 unspecified atom stereocenters. The Balaban J connectivity index is 0.00000155. The molecule has 4 N–H and O–H groups in total. The van der Waals surface area contributed by atoms with Crippen molar-refractivity contribution in [3.05, 3.63) is 58.5 Å². The molecule has 10 heteroatoms. The molecule has 9 nitrogen and oxygen atoms in total. The fourth-order valence-corrected chi connectivity index (χ4v) is 2.68. The molecule has 0 aliphatic rings. The van der Waals surface area contributed by atoms with E-state index in [1.165, 1.54) is 13.0 Å². The van der Waals surface area contributed by atoms with E-state index in [9.17, 15) is 15.0 Å². The number of carbonyl (C=O) groups is 1. The van der Waals surface area contributed by atoms with E-state index in [2.05, 4.69) is 20.6 Å². The van der Waals surface area contributed by atoms with Crippen molar-refractivity contribution in [3.63, 3.8) is 0 Å². The van der Waals surface area contributed by atoms with E-state index in [-0.39, 0.29) is 11.4 Å². The van der Waals surface area contributed by atoms with Crippen molar-refractivity contribution in [2.45, 2.75) is 33.1 Å². The Kier molecular flexibility index (Phi) is 7.72. The summed E-state index contributed by atoms with van der Waals surface area (Å²) >= 11 is 6.05. The molecular weight excluding hydrogens is 408 g/mol. The molecule has 2 aromatic heterocycles. The SMILES string of the molecule is CC.CC(O)(O)c1cc(C(=O)NCCn2ccc(-c3ccc(C#N)c(Cl)c3)n2)n[nH]1. The van der Waals surface area contributed by atoms with Crippen molar-refractivity contribution >= 4 is 17.5 Å². The van der Waals surface area contributed by atoms with Gasteiger partial charge in [0.1, 0.15) is 11.8 Å². The first kappa shape index (κ1) is 23.1. The number of hydrogen-bond acceptors (Lipinski definition) is 6. The molecule has 0 spiro atoms. The van der Waals surface area contributed by atoms with E-state index < -0.39 is 11.7 Å². The quantitative estimate of drug-likeness (QED) is 0.443. The third kappa shape index (κ3) is 5.67. The van der Waals surface area contributed by atoms with E-state index >= 15 is 0 Å². The van der Waals surface area contributed by atoms with E-state index in [4.69, 9.17) is 16.9 Å². The maximum atomic E-state index is 12.1. The molecule has 2 heterocycles. The van der Waals surface area contributed by atoms with E-state index in [1.54, 1.807) is 29.1 Å². The van der Waals surface area contributed by atoms with E-state index in [1.807, 2.05) is 26.0 Å². The van der Waals surface area contributed by atoms with Crippen LogP contribution >= 0.6 is 11.6 Å². The minimum Gasteiger partial charge on any atom is -0.361 e. The lowest BCUT2D eigenvalue weighted by Gasteiger charge is -2.11. The molecule has 0 saturated carbocycles. The molecule has 0 aliphatic heterocycles. The van der Waals surface area contributed by atoms with Gasteiger partial charge in [-0.2, -0.15) is 15.5 Å². The summed E-state index contributed by atoms with van der Waals surface area (Å²) in [4.78, 5) is 12.1. The zero-order valence-electron chi connectivity index (χ0n) is 16.8. The predicted octanol–water partition coefficient (Wildman–Crippen LogP) is 2.41. The molecule has 0 atom stereocenters. The predicted molar refractivity (Wildman–Crippen MR) is 111 cm³/mol. The molecule has 158 valence electrons. The summed E-state index contributed by atoms with van der Waals surface area (Å²) in [5.41, 5.74) is 1.96. The van der Waals surface area contributed by atoms with Crippen molar-refractivity contribution in [3.8, 4) is 17.3 Å². The van der Waals surface area contributed by atoms with Gasteiger partial charge in [0.05, 0.1) is 28.5 Å². The number of halogens is 1. The first-order chi connectivity index (χ1) is 14.3. The third-order valence-corrected chi connectivity index (χ3v) is 4.29. The van der Waals surface area contributed by atoms with Crippen LogP contribution in [0.25, 0.3) is 11.3 Å². The van der Waals surface area contributed by atoms with Gasteiger partial charge in [-0.3, -0.25) is 14.6 Å². The lowest BCUT2D eigenvalue weighted by molar-refractivity contribution is -0.155. The minimum absolute atomic E-state index is 0.0236. The van der Waals surface area contributed by atoms with Gasteiger partial charge in [0.25, 0.3) is 5.91 Å². The van der Waals surface area contributed by atoms with Crippen molar-refractivity contribution in [1.29, 1.82) is 5.26 Å². The zero-order chi connectivity index (χ0) is 22.3. The fourth-order valence-electron chi connectivity index (χ4n) is 2.46. The Hall–Kier alpha value is -3.19. The molecule has 1 aromatic carbocycles. The number of hydrogen-bond donors (Lipinski definition) is 4. The summed E-state index contributed by atoms with van der Waals surface area (Å²) in [6, 6.07) is 10.2. The van der Waals surface area contributed by atoms with Crippen LogP contribution in [-0.2, 0) is 12.3 Å². The van der Waals surface area contributed by atoms with Gasteiger partial charge in [-0.1, -0.05) is 31.5 Å². The number of carbonyl (C=O) groups excluding carboxylic acids is 1. The summed E-state index contributed by atoms with van der Waals surface area (Å²) in [6.45, 7) is 5.88. The summed E-state index contributed by atoms with van der Waals surface area (Å²) in [6.07, 6.45) is 1.77. The number of nitriles is 1. The Morgan fingerprint density at radius 3 is 2.67 bits per heavy atom.